The molecule has 1 aromatic rings. The summed E-state index contributed by atoms with van der Waals surface area (Å²) in [6, 6.07) is 4.51. The summed E-state index contributed by atoms with van der Waals surface area (Å²) >= 11 is 0. The van der Waals surface area contributed by atoms with Crippen LogP contribution in [-0.4, -0.2) is 16.7 Å². The van der Waals surface area contributed by atoms with Crippen molar-refractivity contribution >= 4 is 11.8 Å². The van der Waals surface area contributed by atoms with Crippen LogP contribution in [0, 0.1) is 11.8 Å². The summed E-state index contributed by atoms with van der Waals surface area (Å²) in [5.41, 5.74) is 5.31. The molecule has 128 valence electrons. The average molecular weight is 325 g/mol. The summed E-state index contributed by atoms with van der Waals surface area (Å²) in [7, 11) is 0. The van der Waals surface area contributed by atoms with Gasteiger partial charge in [0.25, 0.3) is 11.8 Å². The molecule has 2 amide bonds. The minimum absolute atomic E-state index is 0.0898. The van der Waals surface area contributed by atoms with Gasteiger partial charge in [0, 0.05) is 12.2 Å². The van der Waals surface area contributed by atoms with Gasteiger partial charge in [-0.05, 0) is 59.8 Å². The maximum absolute atomic E-state index is 12.1. The molecule has 0 aromatic heterocycles. The molecule has 0 saturated carbocycles. The summed E-state index contributed by atoms with van der Waals surface area (Å²) in [5.74, 6) is 0.848. The van der Waals surface area contributed by atoms with Crippen LogP contribution in [0.15, 0.2) is 24.3 Å². The molecule has 24 heavy (non-hydrogen) atoms. The van der Waals surface area contributed by atoms with E-state index in [9.17, 15) is 9.59 Å². The molecule has 3 nitrogen and oxygen atoms in total. The van der Waals surface area contributed by atoms with Gasteiger partial charge in [-0.2, -0.15) is 0 Å². The minimum atomic E-state index is -0.169. The Morgan fingerprint density at radius 3 is 2.21 bits per heavy atom. The highest BCUT2D eigenvalue weighted by atomic mass is 16.2. The molecular weight excluding hydrogens is 298 g/mol. The van der Waals surface area contributed by atoms with Gasteiger partial charge in [-0.25, -0.2) is 0 Å². The number of carbonyl (C=O) groups is 2. The van der Waals surface area contributed by atoms with Crippen molar-refractivity contribution in [2.24, 2.45) is 11.8 Å². The largest absolute Gasteiger partial charge is 0.269 e. The zero-order valence-corrected chi connectivity index (χ0v) is 15.1. The molecule has 0 spiro atoms. The predicted molar refractivity (Wildman–Crippen MR) is 95.6 cm³/mol. The van der Waals surface area contributed by atoms with Crippen molar-refractivity contribution in [1.82, 2.24) is 4.90 Å². The fourth-order valence-corrected chi connectivity index (χ4v) is 4.06. The molecule has 1 atom stereocenters. The maximum Gasteiger partial charge on any atom is 0.254 e. The lowest BCUT2D eigenvalue weighted by Gasteiger charge is -2.24. The highest BCUT2D eigenvalue weighted by Gasteiger charge is 2.37. The first-order valence-corrected chi connectivity index (χ1v) is 9.06. The van der Waals surface area contributed by atoms with Crippen LogP contribution in [0.4, 0.5) is 0 Å². The highest BCUT2D eigenvalue weighted by molar-refractivity contribution is 6.13. The number of carbonyl (C=O) groups excluding carboxylic acids is 2. The van der Waals surface area contributed by atoms with Gasteiger partial charge in [0.05, 0.1) is 6.04 Å². The monoisotopic (exact) mass is 325 g/mol. The molecule has 0 bridgehead atoms. The number of nitrogens with zero attached hydrogens (tertiary/aromatic N) is 1. The van der Waals surface area contributed by atoms with Crippen molar-refractivity contribution in [2.45, 2.75) is 59.4 Å². The normalized spacial score (nSPS) is 19.9. The van der Waals surface area contributed by atoms with Gasteiger partial charge in [0.1, 0.15) is 0 Å². The van der Waals surface area contributed by atoms with Crippen LogP contribution in [0.2, 0.25) is 0 Å². The van der Waals surface area contributed by atoms with E-state index in [1.54, 1.807) is 0 Å². The first-order valence-electron chi connectivity index (χ1n) is 9.06. The molecule has 1 aliphatic carbocycles. The van der Waals surface area contributed by atoms with Crippen LogP contribution in [0.5, 0.6) is 0 Å². The summed E-state index contributed by atoms with van der Waals surface area (Å²) < 4.78 is 0. The smallest absolute Gasteiger partial charge is 0.254 e. The molecule has 0 saturated heterocycles. The Hall–Kier alpha value is -1.90. The number of amides is 2. The van der Waals surface area contributed by atoms with Crippen molar-refractivity contribution < 1.29 is 9.59 Å². The topological polar surface area (TPSA) is 37.4 Å². The lowest BCUT2D eigenvalue weighted by atomic mass is 9.90. The second-order valence-electron chi connectivity index (χ2n) is 7.95. The Balaban J connectivity index is 2.02. The van der Waals surface area contributed by atoms with Crippen molar-refractivity contribution in [3.05, 3.63) is 46.5 Å². The fourth-order valence-electron chi connectivity index (χ4n) is 4.06. The maximum atomic E-state index is 12.1. The summed E-state index contributed by atoms with van der Waals surface area (Å²) in [4.78, 5) is 25.7. The number of hydrogen-bond donors (Lipinski definition) is 0. The first kappa shape index (κ1) is 16.9. The number of hydrogen-bond acceptors (Lipinski definition) is 2. The predicted octanol–water partition coefficient (Wildman–Crippen LogP) is 4.00. The third kappa shape index (κ3) is 3.17. The SMILES string of the molecule is CC(C)Cc1cc(CC(C)C)c2c(c1)[C@@H](N1C(=O)C=CC1=O)CC2. The highest BCUT2D eigenvalue weighted by Crippen LogP contribution is 2.40. The summed E-state index contributed by atoms with van der Waals surface area (Å²) in [6.45, 7) is 8.94. The lowest BCUT2D eigenvalue weighted by Crippen LogP contribution is -2.33. The Labute approximate surface area is 144 Å². The van der Waals surface area contributed by atoms with Gasteiger partial charge in [0.15, 0.2) is 0 Å². The molecule has 0 radical (unpaired) electrons. The van der Waals surface area contributed by atoms with Gasteiger partial charge < -0.3 is 0 Å². The molecule has 2 aliphatic rings. The third-order valence-corrected chi connectivity index (χ3v) is 4.89. The fraction of sp³-hybridized carbons (Fsp3) is 0.524. The van der Waals surface area contributed by atoms with Gasteiger partial charge in [-0.1, -0.05) is 39.8 Å². The van der Waals surface area contributed by atoms with E-state index in [1.165, 1.54) is 39.3 Å². The van der Waals surface area contributed by atoms with E-state index in [0.717, 1.165) is 25.7 Å². The second kappa shape index (κ2) is 6.54. The van der Waals surface area contributed by atoms with E-state index in [1.807, 2.05) is 0 Å². The molecule has 1 aromatic carbocycles. The lowest BCUT2D eigenvalue weighted by molar-refractivity contribution is -0.139. The number of fused-ring (bicyclic) bond motifs is 1. The summed E-state index contributed by atoms with van der Waals surface area (Å²) in [5, 5.41) is 0. The Bertz CT molecular complexity index is 682. The minimum Gasteiger partial charge on any atom is -0.269 e. The number of imide groups is 1. The van der Waals surface area contributed by atoms with E-state index in [-0.39, 0.29) is 17.9 Å². The van der Waals surface area contributed by atoms with Crippen LogP contribution in [0.3, 0.4) is 0 Å². The van der Waals surface area contributed by atoms with Crippen LogP contribution in [-0.2, 0) is 28.9 Å². The zero-order chi connectivity index (χ0) is 17.4. The van der Waals surface area contributed by atoms with E-state index >= 15 is 0 Å². The van der Waals surface area contributed by atoms with Gasteiger partial charge in [-0.3, -0.25) is 14.5 Å². The van der Waals surface area contributed by atoms with Gasteiger partial charge in [-0.15, -0.1) is 0 Å². The van der Waals surface area contributed by atoms with E-state index in [0.29, 0.717) is 11.8 Å². The van der Waals surface area contributed by atoms with Crippen molar-refractivity contribution in [1.29, 1.82) is 0 Å². The molecular formula is C21H27NO2. The van der Waals surface area contributed by atoms with Crippen molar-refractivity contribution in [3.8, 4) is 0 Å². The quantitative estimate of drug-likeness (QED) is 0.768. The molecule has 3 rings (SSSR count). The Morgan fingerprint density at radius 1 is 1.00 bits per heavy atom. The molecule has 1 heterocycles. The second-order valence-corrected chi connectivity index (χ2v) is 7.95. The van der Waals surface area contributed by atoms with Crippen LogP contribution >= 0.6 is 0 Å². The van der Waals surface area contributed by atoms with E-state index in [2.05, 4.69) is 39.8 Å². The Kier molecular flexibility index (Phi) is 4.62. The molecule has 0 unspecified atom stereocenters. The zero-order valence-electron chi connectivity index (χ0n) is 15.1. The van der Waals surface area contributed by atoms with Crippen molar-refractivity contribution in [3.63, 3.8) is 0 Å². The number of rotatable bonds is 5. The molecule has 1 aliphatic heterocycles. The van der Waals surface area contributed by atoms with Gasteiger partial charge in [0.2, 0.25) is 0 Å². The average Bonchev–Trinajstić information content (AvgIpc) is 3.01. The summed E-state index contributed by atoms with van der Waals surface area (Å²) in [6.07, 6.45) is 6.69. The van der Waals surface area contributed by atoms with E-state index < -0.39 is 0 Å². The van der Waals surface area contributed by atoms with Crippen LogP contribution in [0.1, 0.15) is 62.4 Å². The molecule has 3 heteroatoms. The van der Waals surface area contributed by atoms with E-state index in [4.69, 9.17) is 0 Å². The van der Waals surface area contributed by atoms with Crippen LogP contribution in [0.25, 0.3) is 0 Å². The first-order chi connectivity index (χ1) is 11.4. The standard InChI is InChI=1S/C21H27NO2/c1-13(2)9-15-11-16(10-14(3)4)17-5-6-19(18(17)12-15)22-20(23)7-8-21(22)24/h7-8,11-14,19H,5-6,9-10H2,1-4H3/t19-/m0/s1. The molecule has 0 N–H and O–H groups in total. The molecule has 0 fully saturated rings. The van der Waals surface area contributed by atoms with Crippen LogP contribution < -0.4 is 0 Å². The van der Waals surface area contributed by atoms with Gasteiger partial charge >= 0.3 is 0 Å². The number of benzene rings is 1. The third-order valence-electron chi connectivity index (χ3n) is 4.89. The Morgan fingerprint density at radius 2 is 1.62 bits per heavy atom. The van der Waals surface area contributed by atoms with Crippen molar-refractivity contribution in [2.75, 3.05) is 0 Å².